The molecule has 10 atom stereocenters. The van der Waals surface area contributed by atoms with Crippen molar-refractivity contribution < 1.29 is 19.0 Å². The number of hydrogen-bond acceptors (Lipinski definition) is 8. The molecule has 0 unspecified atom stereocenters. The third-order valence-corrected chi connectivity index (χ3v) is 16.6. The predicted octanol–water partition coefficient (Wildman–Crippen LogP) is 5.10. The smallest absolute Gasteiger partial charge is 0.335 e. The zero-order chi connectivity index (χ0) is 33.0. The Labute approximate surface area is 293 Å². The Morgan fingerprint density at radius 2 is 1.76 bits per heavy atom. The number of para-hydroxylation sites is 2. The SMILES string of the molecule is CC[C@@]12CC3=C4N(C[C@]5(C3)CN3CC[C@]67C(=C(C(=O)OC)C[C@@]8(CCO[C@@H]58)[C@H]36)Nc3ccccc37)c3ccccc3[C@@]43CCN(C[C@H]4O[C@H]41)[C@@H]23. The van der Waals surface area contributed by atoms with Gasteiger partial charge in [-0.2, -0.15) is 0 Å². The molecule has 2 aromatic carbocycles. The molecule has 8 heteroatoms. The third-order valence-electron chi connectivity index (χ3n) is 16.6. The Morgan fingerprint density at radius 1 is 0.940 bits per heavy atom. The van der Waals surface area contributed by atoms with Crippen LogP contribution in [0.25, 0.3) is 0 Å². The first-order valence-electron chi connectivity index (χ1n) is 19.5. The van der Waals surface area contributed by atoms with Crippen molar-refractivity contribution in [2.45, 2.75) is 93.1 Å². The van der Waals surface area contributed by atoms with Crippen LogP contribution >= 0.6 is 0 Å². The summed E-state index contributed by atoms with van der Waals surface area (Å²) in [5.74, 6) is -0.175. The van der Waals surface area contributed by atoms with E-state index in [0.717, 1.165) is 88.4 Å². The van der Waals surface area contributed by atoms with E-state index in [4.69, 9.17) is 14.2 Å². The molecule has 9 heterocycles. The number of esters is 1. The first kappa shape index (κ1) is 28.4. The quantitative estimate of drug-likeness (QED) is 0.350. The van der Waals surface area contributed by atoms with Crippen LogP contribution in [0.5, 0.6) is 0 Å². The lowest BCUT2D eigenvalue weighted by Crippen LogP contribution is -2.72. The third kappa shape index (κ3) is 2.79. The molecule has 258 valence electrons. The van der Waals surface area contributed by atoms with E-state index in [1.165, 1.54) is 17.7 Å². The fraction of sp³-hybridized carbons (Fsp3) is 0.595. The van der Waals surface area contributed by atoms with Gasteiger partial charge in [0.2, 0.25) is 0 Å². The number of piperidine rings is 2. The first-order chi connectivity index (χ1) is 24.4. The van der Waals surface area contributed by atoms with Gasteiger partial charge in [-0.05, 0) is 86.9 Å². The monoisotopic (exact) mass is 670 g/mol. The van der Waals surface area contributed by atoms with Gasteiger partial charge >= 0.3 is 5.97 Å². The molecule has 6 saturated heterocycles. The minimum Gasteiger partial charge on any atom is -0.466 e. The van der Waals surface area contributed by atoms with E-state index >= 15 is 0 Å². The Morgan fingerprint density at radius 3 is 2.64 bits per heavy atom. The summed E-state index contributed by atoms with van der Waals surface area (Å²) in [6.45, 7) is 8.53. The molecule has 2 aromatic rings. The van der Waals surface area contributed by atoms with E-state index in [2.05, 4.69) is 75.5 Å². The van der Waals surface area contributed by atoms with Gasteiger partial charge in [0.05, 0.1) is 41.8 Å². The van der Waals surface area contributed by atoms with Crippen molar-refractivity contribution in [3.63, 3.8) is 0 Å². The number of carbonyl (C=O) groups is 1. The standard InChI is InChI=1S/C42H46N4O4/c1-3-39-19-24-18-38(23-46-29-11-7-5-9-27(29)42(32(24)46)13-15-44(35(39)42)21-30-33(39)50-30)22-45-16-12-41-26-8-4-6-10-28(26)43-31(41)25(34(47)48-2)20-40(36(41)45)14-17-49-37(38)40/h4-11,30,33,35-37,43H,3,12-23H2,1-2H3/t30-,33-,35+,36+,37+,38+,39-,40+,41+,42+/m1/s1. The van der Waals surface area contributed by atoms with Crippen LogP contribution in [0.3, 0.4) is 0 Å². The number of carbonyl (C=O) groups excluding carboxylic acids is 1. The van der Waals surface area contributed by atoms with Crippen LogP contribution in [-0.4, -0.2) is 92.6 Å². The second kappa shape index (κ2) is 8.71. The molecule has 0 radical (unpaired) electrons. The Kier molecular flexibility index (Phi) is 4.95. The van der Waals surface area contributed by atoms with E-state index < -0.39 is 0 Å². The maximum Gasteiger partial charge on any atom is 0.335 e. The molecule has 6 fully saturated rings. The maximum atomic E-state index is 13.9. The number of ether oxygens (including phenoxy) is 3. The van der Waals surface area contributed by atoms with Crippen LogP contribution < -0.4 is 10.2 Å². The van der Waals surface area contributed by atoms with Crippen LogP contribution in [0, 0.1) is 16.2 Å². The minimum absolute atomic E-state index is 0.0433. The number of allylic oxidation sites excluding steroid dienone is 1. The van der Waals surface area contributed by atoms with Gasteiger partial charge in [-0.1, -0.05) is 43.3 Å². The Bertz CT molecular complexity index is 2030. The van der Waals surface area contributed by atoms with Crippen LogP contribution in [-0.2, 0) is 29.8 Å². The molecule has 0 bridgehead atoms. The molecule has 1 N–H and O–H groups in total. The second-order valence-corrected chi connectivity index (χ2v) is 18.1. The zero-order valence-electron chi connectivity index (χ0n) is 29.2. The molecular weight excluding hydrogens is 624 g/mol. The lowest BCUT2D eigenvalue weighted by Gasteiger charge is -2.65. The second-order valence-electron chi connectivity index (χ2n) is 18.1. The number of methoxy groups -OCH3 is 1. The van der Waals surface area contributed by atoms with E-state index in [0.29, 0.717) is 30.7 Å². The summed E-state index contributed by atoms with van der Waals surface area (Å²) in [7, 11) is 1.56. The lowest BCUT2D eigenvalue weighted by molar-refractivity contribution is -0.151. The zero-order valence-corrected chi connectivity index (χ0v) is 29.2. The van der Waals surface area contributed by atoms with Gasteiger partial charge in [-0.3, -0.25) is 9.80 Å². The van der Waals surface area contributed by atoms with Gasteiger partial charge in [-0.25, -0.2) is 4.79 Å². The van der Waals surface area contributed by atoms with Gasteiger partial charge in [0.1, 0.15) is 0 Å². The Hall–Kier alpha value is -3.17. The number of epoxide rings is 1. The molecule has 0 saturated carbocycles. The van der Waals surface area contributed by atoms with Crippen molar-refractivity contribution in [3.05, 3.63) is 82.2 Å². The van der Waals surface area contributed by atoms with E-state index in [9.17, 15) is 4.79 Å². The largest absolute Gasteiger partial charge is 0.466 e. The van der Waals surface area contributed by atoms with Crippen LogP contribution in [0.1, 0.15) is 63.0 Å². The number of nitrogens with one attached hydrogen (secondary N) is 1. The van der Waals surface area contributed by atoms with E-state index in [-0.39, 0.29) is 39.1 Å². The van der Waals surface area contributed by atoms with Gasteiger partial charge in [-0.15, -0.1) is 0 Å². The van der Waals surface area contributed by atoms with Crippen molar-refractivity contribution in [2.24, 2.45) is 16.2 Å². The summed E-state index contributed by atoms with van der Waals surface area (Å²) in [5, 5.41) is 3.81. The van der Waals surface area contributed by atoms with Crippen molar-refractivity contribution in [2.75, 3.05) is 56.7 Å². The highest BCUT2D eigenvalue weighted by molar-refractivity contribution is 5.93. The number of rotatable bonds is 2. The topological polar surface area (TPSA) is 69.8 Å². The van der Waals surface area contributed by atoms with Crippen molar-refractivity contribution >= 4 is 17.3 Å². The molecule has 0 aromatic heterocycles. The summed E-state index contributed by atoms with van der Waals surface area (Å²) in [4.78, 5) is 22.5. The number of anilines is 2. The fourth-order valence-electron chi connectivity index (χ4n) is 15.7. The molecule has 9 aliphatic heterocycles. The van der Waals surface area contributed by atoms with Crippen molar-refractivity contribution in [1.29, 1.82) is 0 Å². The molecule has 50 heavy (non-hydrogen) atoms. The minimum atomic E-state index is -0.243. The summed E-state index contributed by atoms with van der Waals surface area (Å²) >= 11 is 0. The van der Waals surface area contributed by atoms with E-state index in [1.807, 2.05) is 0 Å². The number of benzene rings is 2. The highest BCUT2D eigenvalue weighted by Crippen LogP contribution is 2.75. The molecule has 4 spiro atoms. The fourth-order valence-corrected chi connectivity index (χ4v) is 15.7. The van der Waals surface area contributed by atoms with Crippen LogP contribution in [0.2, 0.25) is 0 Å². The van der Waals surface area contributed by atoms with Gasteiger partial charge in [0.15, 0.2) is 0 Å². The highest BCUT2D eigenvalue weighted by Gasteiger charge is 2.78. The molecule has 2 aliphatic carbocycles. The van der Waals surface area contributed by atoms with Gasteiger partial charge < -0.3 is 24.4 Å². The summed E-state index contributed by atoms with van der Waals surface area (Å²) in [5.41, 5.74) is 10.5. The number of hydrogen-bond donors (Lipinski definition) is 1. The number of fused-ring (bicyclic) bond motifs is 6. The normalized spacial score (nSPS) is 46.4. The molecule has 8 nitrogen and oxygen atoms in total. The molecule has 0 amide bonds. The van der Waals surface area contributed by atoms with Gasteiger partial charge in [0.25, 0.3) is 0 Å². The molecular formula is C42H46N4O4. The summed E-state index contributed by atoms with van der Waals surface area (Å²) < 4.78 is 19.5. The number of nitrogens with zero attached hydrogens (tertiary/aromatic N) is 3. The first-order valence-corrected chi connectivity index (χ1v) is 19.5. The maximum absolute atomic E-state index is 13.9. The average molecular weight is 671 g/mol. The van der Waals surface area contributed by atoms with Crippen molar-refractivity contribution in [1.82, 2.24) is 9.80 Å². The van der Waals surface area contributed by atoms with Crippen molar-refractivity contribution in [3.8, 4) is 0 Å². The molecule has 13 rings (SSSR count). The van der Waals surface area contributed by atoms with Gasteiger partial charge in [0, 0.05) is 77.3 Å². The van der Waals surface area contributed by atoms with E-state index in [1.54, 1.807) is 23.9 Å². The summed E-state index contributed by atoms with van der Waals surface area (Å²) in [6.07, 6.45) is 8.14. The predicted molar refractivity (Wildman–Crippen MR) is 188 cm³/mol. The van der Waals surface area contributed by atoms with Crippen LogP contribution in [0.15, 0.2) is 71.1 Å². The van der Waals surface area contributed by atoms with Crippen LogP contribution in [0.4, 0.5) is 11.4 Å². The average Bonchev–Trinajstić information content (AvgIpc) is 3.50. The Balaban J connectivity index is 1.02. The molecule has 11 aliphatic rings. The summed E-state index contributed by atoms with van der Waals surface area (Å²) in [6, 6.07) is 19.1. The highest BCUT2D eigenvalue weighted by atomic mass is 16.6. The lowest BCUT2D eigenvalue weighted by atomic mass is 9.47.